The number of amides is 1. The first-order valence-corrected chi connectivity index (χ1v) is 16.4. The fourth-order valence-electron chi connectivity index (χ4n) is 6.84. The van der Waals surface area contributed by atoms with Crippen molar-refractivity contribution in [3.05, 3.63) is 88.0 Å². The number of anilines is 1. The minimum Gasteiger partial charge on any atom is -0.496 e. The molecule has 1 aliphatic rings. The quantitative estimate of drug-likeness (QED) is 0.117. The van der Waals surface area contributed by atoms with Crippen LogP contribution >= 0.6 is 0 Å². The summed E-state index contributed by atoms with van der Waals surface area (Å²) in [6.07, 6.45) is -4.17. The van der Waals surface area contributed by atoms with Gasteiger partial charge < -0.3 is 20.9 Å². The van der Waals surface area contributed by atoms with Gasteiger partial charge in [-0.15, -0.1) is 0 Å². The maximum absolute atomic E-state index is 15.1. The lowest BCUT2D eigenvalue weighted by Gasteiger charge is -2.23. The standard InChI is InChI=1S/C37H35F6N7O3/c1-18-16-37(42,43)33-28(18)31(34(40)41)47-50(33)17-27(51)46-25(14-19-12-20(38)15-21(39)13-19)30-23(7-6-22(45-30)10-11-36(2,3)52)24-8-9-26(53-5)29-32(24)49(4)48-35(29)44/h6-9,12-13,15,18,25,34,52H,14,16-17H2,1-5H3,(H2,44,48)(H,46,51)/t18-,25?/m0/s1. The summed E-state index contributed by atoms with van der Waals surface area (Å²) in [6, 6.07) is 8.12. The molecule has 4 N–H and O–H groups in total. The molecule has 3 aromatic heterocycles. The summed E-state index contributed by atoms with van der Waals surface area (Å²) in [5, 5.41) is 21.5. The summed E-state index contributed by atoms with van der Waals surface area (Å²) >= 11 is 0. The number of fused-ring (bicyclic) bond motifs is 2. The van der Waals surface area contributed by atoms with Gasteiger partial charge in [-0.05, 0) is 74.1 Å². The molecule has 1 amide bonds. The van der Waals surface area contributed by atoms with Crippen molar-refractivity contribution in [1.29, 1.82) is 0 Å². The van der Waals surface area contributed by atoms with Crippen LogP contribution in [-0.2, 0) is 30.7 Å². The Morgan fingerprint density at radius 2 is 1.79 bits per heavy atom. The Labute approximate surface area is 300 Å². The molecule has 1 unspecified atom stereocenters. The van der Waals surface area contributed by atoms with Crippen molar-refractivity contribution >= 4 is 22.6 Å². The van der Waals surface area contributed by atoms with E-state index in [-0.39, 0.29) is 34.8 Å². The Kier molecular flexibility index (Phi) is 9.67. The number of pyridine rings is 1. The Bertz CT molecular complexity index is 2280. The Balaban J connectivity index is 1.52. The number of nitrogen functional groups attached to an aromatic ring is 1. The van der Waals surface area contributed by atoms with Crippen molar-refractivity contribution in [2.45, 2.75) is 70.1 Å². The number of halogens is 6. The summed E-state index contributed by atoms with van der Waals surface area (Å²) in [5.41, 5.74) is 4.69. The molecule has 0 aliphatic heterocycles. The van der Waals surface area contributed by atoms with E-state index in [2.05, 4.69) is 27.4 Å². The summed E-state index contributed by atoms with van der Waals surface area (Å²) < 4.78 is 94.8. The van der Waals surface area contributed by atoms with Gasteiger partial charge in [0.1, 0.15) is 46.6 Å². The average Bonchev–Trinajstić information content (AvgIpc) is 3.67. The average molecular weight is 740 g/mol. The van der Waals surface area contributed by atoms with Crippen LogP contribution < -0.4 is 15.8 Å². The highest BCUT2D eigenvalue weighted by molar-refractivity contribution is 6.03. The van der Waals surface area contributed by atoms with Crippen molar-refractivity contribution < 1.29 is 41.0 Å². The number of aryl methyl sites for hydroxylation is 1. The van der Waals surface area contributed by atoms with E-state index >= 15 is 8.78 Å². The fourth-order valence-corrected chi connectivity index (χ4v) is 6.84. The smallest absolute Gasteiger partial charge is 0.290 e. The molecule has 0 saturated carbocycles. The zero-order valence-electron chi connectivity index (χ0n) is 29.2. The minimum absolute atomic E-state index is 0.0958. The van der Waals surface area contributed by atoms with Gasteiger partial charge in [-0.25, -0.2) is 22.5 Å². The first-order valence-electron chi connectivity index (χ1n) is 16.4. The first-order chi connectivity index (χ1) is 24.9. The molecule has 1 aliphatic carbocycles. The van der Waals surface area contributed by atoms with E-state index < -0.39 is 71.8 Å². The highest BCUT2D eigenvalue weighted by Gasteiger charge is 2.50. The second kappa shape index (κ2) is 13.8. The van der Waals surface area contributed by atoms with Gasteiger partial charge in [-0.1, -0.05) is 12.8 Å². The van der Waals surface area contributed by atoms with E-state index in [1.54, 1.807) is 31.3 Å². The van der Waals surface area contributed by atoms with Gasteiger partial charge in [-0.2, -0.15) is 19.0 Å². The number of nitrogens with zero attached hydrogens (tertiary/aromatic N) is 5. The normalized spacial score (nSPS) is 15.7. The molecule has 16 heteroatoms. The van der Waals surface area contributed by atoms with Gasteiger partial charge in [-0.3, -0.25) is 14.2 Å². The molecular weight excluding hydrogens is 704 g/mol. The predicted molar refractivity (Wildman–Crippen MR) is 183 cm³/mol. The third-order valence-electron chi connectivity index (χ3n) is 8.86. The molecule has 2 aromatic carbocycles. The molecule has 0 radical (unpaired) electrons. The zero-order chi connectivity index (χ0) is 38.6. The van der Waals surface area contributed by atoms with E-state index in [0.29, 0.717) is 38.5 Å². The van der Waals surface area contributed by atoms with Gasteiger partial charge in [0.15, 0.2) is 5.82 Å². The van der Waals surface area contributed by atoms with Crippen molar-refractivity contribution in [3.8, 4) is 28.7 Å². The van der Waals surface area contributed by atoms with Crippen molar-refractivity contribution in [3.63, 3.8) is 0 Å². The number of carbonyl (C=O) groups excluding carboxylic acids is 1. The number of methoxy groups -OCH3 is 1. The topological polar surface area (TPSA) is 133 Å². The largest absolute Gasteiger partial charge is 0.496 e. The zero-order valence-corrected chi connectivity index (χ0v) is 29.2. The number of nitrogens with one attached hydrogen (secondary N) is 1. The predicted octanol–water partition coefficient (Wildman–Crippen LogP) is 6.46. The number of aromatic nitrogens is 5. The van der Waals surface area contributed by atoms with Crippen LogP contribution in [0.15, 0.2) is 42.5 Å². The molecule has 0 bridgehead atoms. The molecule has 10 nitrogen and oxygen atoms in total. The molecule has 0 saturated heterocycles. The Morgan fingerprint density at radius 1 is 1.11 bits per heavy atom. The molecule has 2 atom stereocenters. The van der Waals surface area contributed by atoms with Crippen LogP contribution in [0.2, 0.25) is 0 Å². The van der Waals surface area contributed by atoms with Crippen molar-refractivity contribution in [2.75, 3.05) is 12.8 Å². The van der Waals surface area contributed by atoms with Crippen LogP contribution in [-0.4, -0.2) is 48.3 Å². The van der Waals surface area contributed by atoms with Gasteiger partial charge in [0, 0.05) is 36.2 Å². The summed E-state index contributed by atoms with van der Waals surface area (Å²) in [7, 11) is 3.11. The number of carbonyl (C=O) groups is 1. The molecule has 5 aromatic rings. The van der Waals surface area contributed by atoms with Crippen LogP contribution in [0.3, 0.4) is 0 Å². The summed E-state index contributed by atoms with van der Waals surface area (Å²) in [6.45, 7) is 3.43. The highest BCUT2D eigenvalue weighted by Crippen LogP contribution is 2.51. The van der Waals surface area contributed by atoms with Crippen LogP contribution in [0.1, 0.15) is 79.5 Å². The van der Waals surface area contributed by atoms with Gasteiger partial charge in [0.25, 0.3) is 12.3 Å². The number of ether oxygens (including phenoxy) is 1. The third kappa shape index (κ3) is 7.39. The fraction of sp³-hybridized carbons (Fsp3) is 0.351. The summed E-state index contributed by atoms with van der Waals surface area (Å²) in [5.74, 6) is -1.15. The molecular formula is C37H35F6N7O3. The van der Waals surface area contributed by atoms with Gasteiger partial charge in [0.05, 0.1) is 29.7 Å². The molecule has 278 valence electrons. The Morgan fingerprint density at radius 3 is 2.43 bits per heavy atom. The molecule has 6 rings (SSSR count). The van der Waals surface area contributed by atoms with E-state index in [1.807, 2.05) is 0 Å². The van der Waals surface area contributed by atoms with Crippen LogP contribution in [0.4, 0.5) is 32.2 Å². The second-order valence-corrected chi connectivity index (χ2v) is 13.5. The Hall–Kier alpha value is -5.56. The van der Waals surface area contributed by atoms with Crippen LogP contribution in [0.25, 0.3) is 22.0 Å². The minimum atomic E-state index is -3.53. The van der Waals surface area contributed by atoms with Crippen molar-refractivity contribution in [2.24, 2.45) is 7.05 Å². The van der Waals surface area contributed by atoms with E-state index in [4.69, 9.17) is 15.5 Å². The number of nitrogens with two attached hydrogens (primary N) is 1. The molecule has 53 heavy (non-hydrogen) atoms. The number of benzene rings is 2. The lowest BCUT2D eigenvalue weighted by molar-refractivity contribution is -0.122. The van der Waals surface area contributed by atoms with Gasteiger partial charge >= 0.3 is 0 Å². The number of alkyl halides is 4. The maximum atomic E-state index is 15.1. The van der Waals surface area contributed by atoms with Gasteiger partial charge in [0.2, 0.25) is 5.91 Å². The number of aliphatic hydroxyl groups is 1. The third-order valence-corrected chi connectivity index (χ3v) is 8.86. The molecule has 3 heterocycles. The van der Waals surface area contributed by atoms with Crippen LogP contribution in [0, 0.1) is 23.5 Å². The first kappa shape index (κ1) is 37.2. The van der Waals surface area contributed by atoms with E-state index in [1.165, 1.54) is 32.6 Å². The van der Waals surface area contributed by atoms with Crippen molar-refractivity contribution in [1.82, 2.24) is 29.9 Å². The lowest BCUT2D eigenvalue weighted by atomic mass is 9.93. The highest BCUT2D eigenvalue weighted by atomic mass is 19.3. The molecule has 0 spiro atoms. The maximum Gasteiger partial charge on any atom is 0.290 e. The monoisotopic (exact) mass is 739 g/mol. The lowest BCUT2D eigenvalue weighted by Crippen LogP contribution is -2.35. The summed E-state index contributed by atoms with van der Waals surface area (Å²) in [4.78, 5) is 18.6. The molecule has 0 fully saturated rings. The number of rotatable bonds is 9. The van der Waals surface area contributed by atoms with E-state index in [0.717, 1.165) is 12.1 Å². The van der Waals surface area contributed by atoms with E-state index in [9.17, 15) is 27.5 Å². The van der Waals surface area contributed by atoms with Crippen LogP contribution in [0.5, 0.6) is 5.75 Å². The number of hydrogen-bond acceptors (Lipinski definition) is 7. The second-order valence-electron chi connectivity index (χ2n) is 13.5. The SMILES string of the molecule is COc1ccc(-c2ccc(C#CC(C)(C)O)nc2C(Cc2cc(F)cc(F)c2)NC(=O)Cn2nc(C(F)F)c3c2C(F)(F)C[C@@H]3C)c2c1c(N)nn2C. The number of hydrogen-bond donors (Lipinski definition) is 3.